The van der Waals surface area contributed by atoms with Crippen molar-refractivity contribution in [2.24, 2.45) is 5.73 Å². The summed E-state index contributed by atoms with van der Waals surface area (Å²) in [6, 6.07) is 5.87. The van der Waals surface area contributed by atoms with E-state index in [0.29, 0.717) is 6.42 Å². The number of unbranched alkanes of at least 4 members (excludes halogenated alkanes) is 1. The highest BCUT2D eigenvalue weighted by Crippen LogP contribution is 2.18. The summed E-state index contributed by atoms with van der Waals surface area (Å²) >= 11 is 0. The second kappa shape index (κ2) is 8.08. The first kappa shape index (κ1) is 16.9. The number of aromatic carboxylic acids is 1. The van der Waals surface area contributed by atoms with Gasteiger partial charge >= 0.3 is 5.97 Å². The zero-order valence-corrected chi connectivity index (χ0v) is 11.2. The van der Waals surface area contributed by atoms with Crippen LogP contribution in [0, 0.1) is 0 Å². The quantitative estimate of drug-likeness (QED) is 0.743. The molecular weight excluding hydrogens is 254 g/mol. The number of carboxylic acid groups (broad SMARTS) is 1. The minimum atomic E-state index is -0.961. The summed E-state index contributed by atoms with van der Waals surface area (Å²) in [5.41, 5.74) is 6.90. The fraction of sp³-hybridized carbons (Fsp3) is 0.462. The lowest BCUT2D eigenvalue weighted by molar-refractivity contribution is 0.0697. The number of aliphatic hydroxyl groups excluding tert-OH is 1. The SMILES string of the molecule is CCCC[C@H](O)[C@H](N)c1ccc(C(=O)O)cc1.Cl. The molecule has 0 aliphatic heterocycles. The topological polar surface area (TPSA) is 83.5 Å². The molecule has 0 unspecified atom stereocenters. The van der Waals surface area contributed by atoms with Crippen molar-refractivity contribution in [2.75, 3.05) is 0 Å². The van der Waals surface area contributed by atoms with Crippen LogP contribution in [0.2, 0.25) is 0 Å². The van der Waals surface area contributed by atoms with Crippen LogP contribution in [-0.4, -0.2) is 22.3 Å². The predicted molar refractivity (Wildman–Crippen MR) is 73.1 cm³/mol. The number of hydrogen-bond donors (Lipinski definition) is 3. The summed E-state index contributed by atoms with van der Waals surface area (Å²) in [5.74, 6) is -0.961. The van der Waals surface area contributed by atoms with Crippen LogP contribution in [0.15, 0.2) is 24.3 Å². The number of carbonyl (C=O) groups is 1. The van der Waals surface area contributed by atoms with Gasteiger partial charge in [-0.25, -0.2) is 4.79 Å². The van der Waals surface area contributed by atoms with E-state index in [1.807, 2.05) is 0 Å². The smallest absolute Gasteiger partial charge is 0.335 e. The van der Waals surface area contributed by atoms with Crippen molar-refractivity contribution >= 4 is 18.4 Å². The van der Waals surface area contributed by atoms with E-state index in [0.717, 1.165) is 18.4 Å². The van der Waals surface area contributed by atoms with Crippen molar-refractivity contribution in [1.29, 1.82) is 0 Å². The van der Waals surface area contributed by atoms with Gasteiger partial charge < -0.3 is 15.9 Å². The molecule has 0 heterocycles. The maximum Gasteiger partial charge on any atom is 0.335 e. The molecule has 18 heavy (non-hydrogen) atoms. The summed E-state index contributed by atoms with van der Waals surface area (Å²) in [5, 5.41) is 18.6. The molecule has 0 amide bonds. The Labute approximate surface area is 113 Å². The first-order chi connectivity index (χ1) is 8.06. The number of aliphatic hydroxyl groups is 1. The number of carboxylic acids is 1. The molecular formula is C13H20ClNO3. The zero-order valence-electron chi connectivity index (χ0n) is 10.4. The van der Waals surface area contributed by atoms with Crippen molar-refractivity contribution < 1.29 is 15.0 Å². The molecule has 0 aromatic heterocycles. The maximum atomic E-state index is 10.7. The van der Waals surface area contributed by atoms with Crippen LogP contribution in [-0.2, 0) is 0 Å². The molecule has 1 rings (SSSR count). The Morgan fingerprint density at radius 2 is 1.89 bits per heavy atom. The molecule has 4 nitrogen and oxygen atoms in total. The van der Waals surface area contributed by atoms with E-state index in [2.05, 4.69) is 6.92 Å². The number of benzene rings is 1. The van der Waals surface area contributed by atoms with Gasteiger partial charge in [0.2, 0.25) is 0 Å². The Morgan fingerprint density at radius 3 is 2.33 bits per heavy atom. The van der Waals surface area contributed by atoms with Crippen molar-refractivity contribution in [3.8, 4) is 0 Å². The van der Waals surface area contributed by atoms with Gasteiger partial charge in [-0.05, 0) is 24.1 Å². The van der Waals surface area contributed by atoms with E-state index >= 15 is 0 Å². The van der Waals surface area contributed by atoms with Crippen molar-refractivity contribution in [2.45, 2.75) is 38.3 Å². The Balaban J connectivity index is 0.00000289. The third-order valence-corrected chi connectivity index (χ3v) is 2.81. The summed E-state index contributed by atoms with van der Waals surface area (Å²) in [4.78, 5) is 10.7. The Morgan fingerprint density at radius 1 is 1.33 bits per heavy atom. The van der Waals surface area contributed by atoms with Crippen LogP contribution < -0.4 is 5.73 Å². The Kier molecular flexibility index (Phi) is 7.59. The number of halogens is 1. The minimum absolute atomic E-state index is 0. The Hall–Kier alpha value is -1.10. The molecule has 0 saturated carbocycles. The van der Waals surface area contributed by atoms with Gasteiger partial charge in [0.05, 0.1) is 17.7 Å². The van der Waals surface area contributed by atoms with E-state index in [1.54, 1.807) is 12.1 Å². The van der Waals surface area contributed by atoms with Crippen LogP contribution in [0.4, 0.5) is 0 Å². The fourth-order valence-corrected chi connectivity index (χ4v) is 1.66. The highest BCUT2D eigenvalue weighted by atomic mass is 35.5. The van der Waals surface area contributed by atoms with Crippen LogP contribution in [0.25, 0.3) is 0 Å². The molecule has 0 aliphatic carbocycles. The lowest BCUT2D eigenvalue weighted by Crippen LogP contribution is -2.26. The zero-order chi connectivity index (χ0) is 12.8. The van der Waals surface area contributed by atoms with E-state index in [-0.39, 0.29) is 18.0 Å². The molecule has 1 aromatic rings. The van der Waals surface area contributed by atoms with Gasteiger partial charge in [0.25, 0.3) is 0 Å². The highest BCUT2D eigenvalue weighted by Gasteiger charge is 2.16. The van der Waals surface area contributed by atoms with Gasteiger partial charge in [-0.2, -0.15) is 0 Å². The average molecular weight is 274 g/mol. The first-order valence-electron chi connectivity index (χ1n) is 5.83. The molecule has 0 spiro atoms. The number of hydrogen-bond acceptors (Lipinski definition) is 3. The maximum absolute atomic E-state index is 10.7. The lowest BCUT2D eigenvalue weighted by Gasteiger charge is -2.19. The Bertz CT molecular complexity index is 367. The second-order valence-corrected chi connectivity index (χ2v) is 4.16. The average Bonchev–Trinajstić information content (AvgIpc) is 2.35. The first-order valence-corrected chi connectivity index (χ1v) is 5.83. The van der Waals surface area contributed by atoms with Gasteiger partial charge in [-0.15, -0.1) is 12.4 Å². The van der Waals surface area contributed by atoms with Crippen molar-refractivity contribution in [3.63, 3.8) is 0 Å². The molecule has 1 aromatic carbocycles. The monoisotopic (exact) mass is 273 g/mol. The van der Waals surface area contributed by atoms with E-state index in [4.69, 9.17) is 10.8 Å². The summed E-state index contributed by atoms with van der Waals surface area (Å²) < 4.78 is 0. The third kappa shape index (κ3) is 4.64. The van der Waals surface area contributed by atoms with Gasteiger partial charge in [-0.3, -0.25) is 0 Å². The summed E-state index contributed by atoms with van der Waals surface area (Å²) in [6.45, 7) is 2.06. The van der Waals surface area contributed by atoms with Crippen molar-refractivity contribution in [1.82, 2.24) is 0 Å². The molecule has 0 radical (unpaired) electrons. The predicted octanol–water partition coefficient (Wildman–Crippen LogP) is 2.36. The second-order valence-electron chi connectivity index (χ2n) is 4.16. The number of nitrogens with two attached hydrogens (primary N) is 1. The van der Waals surface area contributed by atoms with Gasteiger partial charge in [-0.1, -0.05) is 31.9 Å². The van der Waals surface area contributed by atoms with Crippen molar-refractivity contribution in [3.05, 3.63) is 35.4 Å². The van der Waals surface area contributed by atoms with Crippen LogP contribution in [0.5, 0.6) is 0 Å². The standard InChI is InChI=1S/C13H19NO3.ClH/c1-2-3-4-11(15)12(14)9-5-7-10(8-6-9)13(16)17;/h5-8,11-12,15H,2-4,14H2,1H3,(H,16,17);1H/t11-,12+;/m0./s1. The molecule has 102 valence electrons. The normalized spacial score (nSPS) is 13.5. The minimum Gasteiger partial charge on any atom is -0.478 e. The molecule has 0 fully saturated rings. The fourth-order valence-electron chi connectivity index (χ4n) is 1.66. The number of rotatable bonds is 6. The molecule has 0 saturated heterocycles. The largest absolute Gasteiger partial charge is 0.478 e. The highest BCUT2D eigenvalue weighted by molar-refractivity contribution is 5.87. The summed E-state index contributed by atoms with van der Waals surface area (Å²) in [7, 11) is 0. The van der Waals surface area contributed by atoms with Crippen LogP contribution in [0.1, 0.15) is 48.1 Å². The van der Waals surface area contributed by atoms with E-state index in [1.165, 1.54) is 12.1 Å². The molecule has 2 atom stereocenters. The summed E-state index contributed by atoms with van der Waals surface area (Å²) in [6.07, 6.45) is 2.04. The van der Waals surface area contributed by atoms with E-state index < -0.39 is 18.1 Å². The van der Waals surface area contributed by atoms with E-state index in [9.17, 15) is 9.90 Å². The van der Waals surface area contributed by atoms with Crippen LogP contribution in [0.3, 0.4) is 0 Å². The molecule has 4 N–H and O–H groups in total. The van der Waals surface area contributed by atoms with Gasteiger partial charge in [0, 0.05) is 0 Å². The van der Waals surface area contributed by atoms with Gasteiger partial charge in [0.1, 0.15) is 0 Å². The van der Waals surface area contributed by atoms with Crippen LogP contribution >= 0.6 is 12.4 Å². The van der Waals surface area contributed by atoms with Gasteiger partial charge in [0.15, 0.2) is 0 Å². The molecule has 5 heteroatoms. The molecule has 0 aliphatic rings. The third-order valence-electron chi connectivity index (χ3n) is 2.81. The molecule has 0 bridgehead atoms. The lowest BCUT2D eigenvalue weighted by atomic mass is 9.97.